The summed E-state index contributed by atoms with van der Waals surface area (Å²) in [7, 11) is 0. The molecule has 2 aliphatic rings. The third-order valence-corrected chi connectivity index (χ3v) is 5.89. The number of hydrogen-bond acceptors (Lipinski definition) is 5. The predicted octanol–water partition coefficient (Wildman–Crippen LogP) is 4.55. The van der Waals surface area contributed by atoms with Crippen molar-refractivity contribution in [1.82, 2.24) is 15.0 Å². The van der Waals surface area contributed by atoms with Crippen molar-refractivity contribution >= 4 is 5.91 Å². The molecule has 3 aromatic rings. The van der Waals surface area contributed by atoms with E-state index in [1.807, 2.05) is 59.5 Å². The van der Waals surface area contributed by atoms with E-state index in [4.69, 9.17) is 9.26 Å². The Balaban J connectivity index is 1.22. The van der Waals surface area contributed by atoms with E-state index in [2.05, 4.69) is 10.1 Å². The minimum Gasteiger partial charge on any atom is -0.492 e. The number of rotatable bonds is 6. The topological polar surface area (TPSA) is 68.5 Å². The molecule has 6 nitrogen and oxygen atoms in total. The van der Waals surface area contributed by atoms with Crippen molar-refractivity contribution in [1.29, 1.82) is 0 Å². The summed E-state index contributed by atoms with van der Waals surface area (Å²) in [6, 6.07) is 17.4. The van der Waals surface area contributed by atoms with E-state index in [0.29, 0.717) is 48.6 Å². The highest BCUT2D eigenvalue weighted by atomic mass is 16.5. The Morgan fingerprint density at radius 1 is 1.00 bits per heavy atom. The van der Waals surface area contributed by atoms with E-state index >= 15 is 0 Å². The highest BCUT2D eigenvalue weighted by Crippen LogP contribution is 2.32. The molecule has 0 radical (unpaired) electrons. The number of ether oxygens (including phenoxy) is 1. The maximum Gasteiger partial charge on any atom is 0.257 e. The van der Waals surface area contributed by atoms with Crippen LogP contribution in [0, 0.1) is 5.92 Å². The summed E-state index contributed by atoms with van der Waals surface area (Å²) in [5, 5.41) is 4.13. The fraction of sp³-hybridized carbons (Fsp3) is 0.375. The number of piperidine rings is 1. The van der Waals surface area contributed by atoms with Crippen LogP contribution in [0.3, 0.4) is 0 Å². The molecular formula is C24H25N3O3. The monoisotopic (exact) mass is 403 g/mol. The van der Waals surface area contributed by atoms with Crippen molar-refractivity contribution in [2.24, 2.45) is 5.92 Å². The second kappa shape index (κ2) is 8.30. The molecule has 1 aliphatic carbocycles. The van der Waals surface area contributed by atoms with Gasteiger partial charge in [-0.1, -0.05) is 47.6 Å². The lowest BCUT2D eigenvalue weighted by molar-refractivity contribution is 0.0700. The summed E-state index contributed by atoms with van der Waals surface area (Å²) in [6.07, 6.45) is 4.08. The molecule has 0 spiro atoms. The number of carbonyl (C=O) groups excluding carboxylic acids is 1. The van der Waals surface area contributed by atoms with Crippen molar-refractivity contribution in [3.05, 3.63) is 66.1 Å². The van der Waals surface area contributed by atoms with Crippen molar-refractivity contribution < 1.29 is 14.1 Å². The first-order valence-electron chi connectivity index (χ1n) is 10.7. The molecule has 0 bridgehead atoms. The van der Waals surface area contributed by atoms with Crippen LogP contribution in [-0.2, 0) is 0 Å². The minimum absolute atomic E-state index is 0.0374. The maximum atomic E-state index is 13.1. The molecule has 1 saturated heterocycles. The molecular weight excluding hydrogens is 378 g/mol. The predicted molar refractivity (Wildman–Crippen MR) is 112 cm³/mol. The molecule has 0 N–H and O–H groups in total. The van der Waals surface area contributed by atoms with Gasteiger partial charge in [-0.05, 0) is 43.7 Å². The molecule has 1 saturated carbocycles. The Bertz CT molecular complexity index is 1010. The zero-order valence-corrected chi connectivity index (χ0v) is 16.9. The zero-order chi connectivity index (χ0) is 20.3. The SMILES string of the molecule is O=C(c1ccccc1OCC1CC1)N1CCC(c2nc(-c3ccccc3)no2)CC1. The summed E-state index contributed by atoms with van der Waals surface area (Å²) in [5.74, 6) is 2.84. The highest BCUT2D eigenvalue weighted by Gasteiger charge is 2.29. The molecule has 1 aliphatic heterocycles. The number of aromatic nitrogens is 2. The fourth-order valence-corrected chi connectivity index (χ4v) is 3.87. The quantitative estimate of drug-likeness (QED) is 0.604. The smallest absolute Gasteiger partial charge is 0.257 e. The van der Waals surface area contributed by atoms with Crippen LogP contribution >= 0.6 is 0 Å². The van der Waals surface area contributed by atoms with Crippen molar-refractivity contribution in [2.45, 2.75) is 31.6 Å². The fourth-order valence-electron chi connectivity index (χ4n) is 3.87. The molecule has 0 atom stereocenters. The Kier molecular flexibility index (Phi) is 5.22. The van der Waals surface area contributed by atoms with Crippen molar-refractivity contribution in [2.75, 3.05) is 19.7 Å². The van der Waals surface area contributed by atoms with E-state index in [1.165, 1.54) is 12.8 Å². The molecule has 6 heteroatoms. The van der Waals surface area contributed by atoms with Crippen LogP contribution in [0.25, 0.3) is 11.4 Å². The molecule has 1 amide bonds. The third-order valence-electron chi connectivity index (χ3n) is 5.89. The van der Waals surface area contributed by atoms with Crippen LogP contribution in [0.15, 0.2) is 59.1 Å². The van der Waals surface area contributed by atoms with Gasteiger partial charge in [-0.15, -0.1) is 0 Å². The first-order valence-corrected chi connectivity index (χ1v) is 10.7. The first-order chi connectivity index (χ1) is 14.8. The number of likely N-dealkylation sites (tertiary alicyclic amines) is 1. The normalized spacial score (nSPS) is 17.1. The van der Waals surface area contributed by atoms with Crippen LogP contribution < -0.4 is 4.74 Å². The number of hydrogen-bond donors (Lipinski definition) is 0. The number of carbonyl (C=O) groups is 1. The minimum atomic E-state index is 0.0374. The zero-order valence-electron chi connectivity index (χ0n) is 16.9. The van der Waals surface area contributed by atoms with Gasteiger partial charge < -0.3 is 14.2 Å². The Labute approximate surface area is 175 Å². The van der Waals surface area contributed by atoms with Gasteiger partial charge in [0.25, 0.3) is 5.91 Å². The average molecular weight is 403 g/mol. The van der Waals surface area contributed by atoms with Gasteiger partial charge in [0.2, 0.25) is 11.7 Å². The number of nitrogens with zero attached hydrogens (tertiary/aromatic N) is 3. The van der Waals surface area contributed by atoms with Gasteiger partial charge in [-0.3, -0.25) is 4.79 Å². The Morgan fingerprint density at radius 2 is 1.73 bits per heavy atom. The van der Waals surface area contributed by atoms with Gasteiger partial charge in [0.15, 0.2) is 0 Å². The third kappa shape index (κ3) is 4.08. The second-order valence-electron chi connectivity index (χ2n) is 8.14. The molecule has 2 heterocycles. The van der Waals surface area contributed by atoms with E-state index in [-0.39, 0.29) is 11.8 Å². The standard InChI is InChI=1S/C24H25N3O3/c28-24(20-8-4-5-9-21(20)29-16-17-10-11-17)27-14-12-19(13-15-27)23-25-22(26-30-23)18-6-2-1-3-7-18/h1-9,17,19H,10-16H2. The number of amides is 1. The summed E-state index contributed by atoms with van der Waals surface area (Å²) >= 11 is 0. The second-order valence-corrected chi connectivity index (χ2v) is 8.14. The number of para-hydroxylation sites is 1. The van der Waals surface area contributed by atoms with Crippen LogP contribution in [0.5, 0.6) is 5.75 Å². The summed E-state index contributed by atoms with van der Waals surface area (Å²) < 4.78 is 11.5. The molecule has 2 aromatic carbocycles. The van der Waals surface area contributed by atoms with E-state index in [1.54, 1.807) is 0 Å². The lowest BCUT2D eigenvalue weighted by atomic mass is 9.96. The van der Waals surface area contributed by atoms with Crippen molar-refractivity contribution in [3.63, 3.8) is 0 Å². The molecule has 0 unspecified atom stereocenters. The molecule has 1 aromatic heterocycles. The summed E-state index contributed by atoms with van der Waals surface area (Å²) in [4.78, 5) is 19.6. The molecule has 2 fully saturated rings. The van der Waals surface area contributed by atoms with Gasteiger partial charge in [0, 0.05) is 24.6 Å². The summed E-state index contributed by atoms with van der Waals surface area (Å²) in [6.45, 7) is 2.04. The van der Waals surface area contributed by atoms with Crippen LogP contribution in [0.1, 0.15) is 47.8 Å². The maximum absolute atomic E-state index is 13.1. The Hall–Kier alpha value is -3.15. The largest absolute Gasteiger partial charge is 0.492 e. The lowest BCUT2D eigenvalue weighted by Gasteiger charge is -2.30. The van der Waals surface area contributed by atoms with Gasteiger partial charge >= 0.3 is 0 Å². The van der Waals surface area contributed by atoms with Crippen molar-refractivity contribution in [3.8, 4) is 17.1 Å². The molecule has 30 heavy (non-hydrogen) atoms. The Morgan fingerprint density at radius 3 is 2.50 bits per heavy atom. The van der Waals surface area contributed by atoms with E-state index in [9.17, 15) is 4.79 Å². The molecule has 5 rings (SSSR count). The van der Waals surface area contributed by atoms with Gasteiger partial charge in [0.05, 0.1) is 12.2 Å². The molecule has 154 valence electrons. The van der Waals surface area contributed by atoms with Gasteiger partial charge in [-0.2, -0.15) is 4.98 Å². The van der Waals surface area contributed by atoms with Crippen LogP contribution in [0.2, 0.25) is 0 Å². The number of benzene rings is 2. The van der Waals surface area contributed by atoms with E-state index < -0.39 is 0 Å². The van der Waals surface area contributed by atoms with E-state index in [0.717, 1.165) is 18.4 Å². The van der Waals surface area contributed by atoms with Crippen LogP contribution in [0.4, 0.5) is 0 Å². The van der Waals surface area contributed by atoms with Gasteiger partial charge in [-0.25, -0.2) is 0 Å². The summed E-state index contributed by atoms with van der Waals surface area (Å²) in [5.41, 5.74) is 1.60. The lowest BCUT2D eigenvalue weighted by Crippen LogP contribution is -2.38. The average Bonchev–Trinajstić information content (AvgIpc) is 3.51. The van der Waals surface area contributed by atoms with Crippen LogP contribution in [-0.4, -0.2) is 40.6 Å². The first kappa shape index (κ1) is 18.9. The van der Waals surface area contributed by atoms with Gasteiger partial charge in [0.1, 0.15) is 5.75 Å². The highest BCUT2D eigenvalue weighted by molar-refractivity contribution is 5.97.